The molecule has 4 aliphatic rings. The summed E-state index contributed by atoms with van der Waals surface area (Å²) in [4.78, 5) is 6.57. The van der Waals surface area contributed by atoms with Crippen LogP contribution in [-0.4, -0.2) is 66.8 Å². The fourth-order valence-corrected chi connectivity index (χ4v) is 7.44. The van der Waals surface area contributed by atoms with Gasteiger partial charge in [0, 0.05) is 56.0 Å². The first kappa shape index (κ1) is 27.8. The van der Waals surface area contributed by atoms with Gasteiger partial charge in [-0.3, -0.25) is 9.58 Å². The zero-order valence-electron chi connectivity index (χ0n) is 24.0. The molecule has 0 N–H and O–H groups in total. The first-order chi connectivity index (χ1) is 20.3. The molecule has 9 nitrogen and oxygen atoms in total. The summed E-state index contributed by atoms with van der Waals surface area (Å²) in [7, 11) is 1.89. The van der Waals surface area contributed by atoms with Crippen LogP contribution < -0.4 is 4.74 Å². The number of halogens is 3. The number of ether oxygens (including phenoxy) is 2. The van der Waals surface area contributed by atoms with E-state index < -0.39 is 11.7 Å². The molecule has 0 unspecified atom stereocenters. The normalized spacial score (nSPS) is 27.9. The van der Waals surface area contributed by atoms with E-state index in [2.05, 4.69) is 37.2 Å². The molecule has 4 fully saturated rings. The van der Waals surface area contributed by atoms with E-state index in [-0.39, 0.29) is 18.4 Å². The lowest BCUT2D eigenvalue weighted by Gasteiger charge is -2.58. The van der Waals surface area contributed by atoms with Crippen molar-refractivity contribution in [3.63, 3.8) is 0 Å². The Morgan fingerprint density at radius 1 is 0.976 bits per heavy atom. The first-order valence-corrected chi connectivity index (χ1v) is 15.2. The third kappa shape index (κ3) is 5.43. The summed E-state index contributed by atoms with van der Waals surface area (Å²) in [5.41, 5.74) is 1.04. The average Bonchev–Trinajstić information content (AvgIpc) is 3.58. The third-order valence-corrected chi connectivity index (χ3v) is 10.0. The molecule has 0 amide bonds. The Labute approximate surface area is 243 Å². The number of nitrogens with zero attached hydrogens (tertiary/aromatic N) is 7. The van der Waals surface area contributed by atoms with Crippen LogP contribution in [0.1, 0.15) is 92.0 Å². The highest BCUT2D eigenvalue weighted by molar-refractivity contribution is 5.23. The predicted molar refractivity (Wildman–Crippen MR) is 147 cm³/mol. The number of hydrogen-bond acceptors (Lipinski definition) is 7. The smallest absolute Gasteiger partial charge is 0.416 e. The standard InChI is InChI=1S/C30H38F3N7O2/c1-38-26(15-42-27-12-23(10-11-34-27)30(31,32)33)36-37-28(38)21-4-2-20(3-5-21)22-13-35-40(14-22)25-8-6-24(7-9-25)39-16-29(17-39)18-41-19-29/h10-14,20-21,24-25H,2-9,15-19H2,1H3. The van der Waals surface area contributed by atoms with Gasteiger partial charge in [0.15, 0.2) is 5.82 Å². The highest BCUT2D eigenvalue weighted by Crippen LogP contribution is 2.43. The molecule has 7 rings (SSSR count). The molecule has 3 aromatic heterocycles. The summed E-state index contributed by atoms with van der Waals surface area (Å²) >= 11 is 0. The summed E-state index contributed by atoms with van der Waals surface area (Å²) in [6.45, 7) is 4.35. The van der Waals surface area contributed by atoms with E-state index in [4.69, 9.17) is 14.6 Å². The fourth-order valence-electron chi connectivity index (χ4n) is 7.44. The predicted octanol–water partition coefficient (Wildman–Crippen LogP) is 5.26. The van der Waals surface area contributed by atoms with Crippen molar-refractivity contribution in [1.29, 1.82) is 0 Å². The number of aromatic nitrogens is 6. The van der Waals surface area contributed by atoms with E-state index in [0.29, 0.717) is 23.2 Å². The summed E-state index contributed by atoms with van der Waals surface area (Å²) in [5, 5.41) is 13.5. The quantitative estimate of drug-likeness (QED) is 0.374. The van der Waals surface area contributed by atoms with Crippen molar-refractivity contribution in [3.8, 4) is 5.88 Å². The molecule has 12 heteroatoms. The van der Waals surface area contributed by atoms with Crippen molar-refractivity contribution in [2.24, 2.45) is 12.5 Å². The minimum Gasteiger partial charge on any atom is -0.469 e. The van der Waals surface area contributed by atoms with Gasteiger partial charge in [0.25, 0.3) is 0 Å². The topological polar surface area (TPSA) is 83.1 Å². The minimum atomic E-state index is -4.44. The van der Waals surface area contributed by atoms with Crippen LogP contribution in [0.25, 0.3) is 0 Å². The Balaban J connectivity index is 0.891. The average molecular weight is 586 g/mol. The van der Waals surface area contributed by atoms with Crippen LogP contribution in [0.3, 0.4) is 0 Å². The molecule has 42 heavy (non-hydrogen) atoms. The van der Waals surface area contributed by atoms with E-state index in [9.17, 15) is 13.2 Å². The number of rotatable bonds is 7. The second kappa shape index (κ2) is 10.9. The summed E-state index contributed by atoms with van der Waals surface area (Å²) in [6, 6.07) is 3.05. The SMILES string of the molecule is Cn1c(COc2cc(C(F)(F)F)ccn2)nnc1C1CCC(c2cnn(C3CCC(N4CC5(COC5)C4)CC3)c2)CC1. The van der Waals surface area contributed by atoms with Gasteiger partial charge < -0.3 is 14.0 Å². The van der Waals surface area contributed by atoms with Crippen molar-refractivity contribution in [2.45, 2.75) is 88.1 Å². The Bertz CT molecular complexity index is 1380. The minimum absolute atomic E-state index is 0.00201. The van der Waals surface area contributed by atoms with Gasteiger partial charge >= 0.3 is 6.18 Å². The van der Waals surface area contributed by atoms with E-state index in [1.807, 2.05) is 11.6 Å². The van der Waals surface area contributed by atoms with Crippen molar-refractivity contribution in [3.05, 3.63) is 53.5 Å². The Hall–Kier alpha value is -2.99. The maximum absolute atomic E-state index is 13.0. The van der Waals surface area contributed by atoms with Crippen LogP contribution in [0.4, 0.5) is 13.2 Å². The number of likely N-dealkylation sites (tertiary alicyclic amines) is 1. The Morgan fingerprint density at radius 3 is 2.38 bits per heavy atom. The maximum Gasteiger partial charge on any atom is 0.416 e. The molecule has 2 saturated heterocycles. The van der Waals surface area contributed by atoms with Gasteiger partial charge in [0.05, 0.1) is 31.0 Å². The van der Waals surface area contributed by atoms with Gasteiger partial charge in [-0.2, -0.15) is 18.3 Å². The molecule has 0 aromatic carbocycles. The number of pyridine rings is 1. The van der Waals surface area contributed by atoms with E-state index >= 15 is 0 Å². The molecule has 3 aromatic rings. The zero-order valence-corrected chi connectivity index (χ0v) is 24.0. The van der Waals surface area contributed by atoms with Crippen LogP contribution in [0.2, 0.25) is 0 Å². The molecule has 2 saturated carbocycles. The van der Waals surface area contributed by atoms with Crippen LogP contribution in [0.5, 0.6) is 5.88 Å². The van der Waals surface area contributed by atoms with Gasteiger partial charge in [-0.05, 0) is 68.9 Å². The second-order valence-corrected chi connectivity index (χ2v) is 12.9. The van der Waals surface area contributed by atoms with E-state index in [1.54, 1.807) is 0 Å². The molecule has 5 heterocycles. The molecular weight excluding hydrogens is 547 g/mol. The van der Waals surface area contributed by atoms with E-state index in [1.165, 1.54) is 44.3 Å². The number of hydrogen-bond donors (Lipinski definition) is 0. The highest BCUT2D eigenvalue weighted by atomic mass is 19.4. The van der Waals surface area contributed by atoms with Crippen molar-refractivity contribution in [2.75, 3.05) is 26.3 Å². The molecule has 1 spiro atoms. The molecular formula is C30H38F3N7O2. The Morgan fingerprint density at radius 2 is 1.69 bits per heavy atom. The van der Waals surface area contributed by atoms with Gasteiger partial charge in [0.2, 0.25) is 5.88 Å². The molecule has 2 aliphatic carbocycles. The van der Waals surface area contributed by atoms with Crippen LogP contribution in [0, 0.1) is 5.41 Å². The van der Waals surface area contributed by atoms with Crippen LogP contribution in [-0.2, 0) is 24.6 Å². The lowest BCUT2D eigenvalue weighted by molar-refractivity contribution is -0.200. The molecule has 2 aliphatic heterocycles. The maximum atomic E-state index is 13.0. The summed E-state index contributed by atoms with van der Waals surface area (Å²) in [6.07, 6.45) is 10.1. The Kier molecular flexibility index (Phi) is 7.24. The van der Waals surface area contributed by atoms with Gasteiger partial charge in [-0.25, -0.2) is 4.98 Å². The first-order valence-electron chi connectivity index (χ1n) is 15.2. The molecule has 0 atom stereocenters. The number of alkyl halides is 3. The van der Waals surface area contributed by atoms with Crippen molar-refractivity contribution in [1.82, 2.24) is 34.4 Å². The summed E-state index contributed by atoms with van der Waals surface area (Å²) < 4.78 is 54.1. The largest absolute Gasteiger partial charge is 0.469 e. The van der Waals surface area contributed by atoms with Crippen LogP contribution in [0.15, 0.2) is 30.7 Å². The molecule has 0 radical (unpaired) electrons. The van der Waals surface area contributed by atoms with Crippen LogP contribution >= 0.6 is 0 Å². The highest BCUT2D eigenvalue weighted by Gasteiger charge is 2.51. The fraction of sp³-hybridized carbons (Fsp3) is 0.667. The van der Waals surface area contributed by atoms with Gasteiger partial charge in [0.1, 0.15) is 12.4 Å². The van der Waals surface area contributed by atoms with Crippen molar-refractivity contribution >= 4 is 0 Å². The lowest BCUT2D eigenvalue weighted by atomic mass is 9.75. The third-order valence-electron chi connectivity index (χ3n) is 10.0. The zero-order chi connectivity index (χ0) is 28.9. The molecule has 0 bridgehead atoms. The lowest BCUT2D eigenvalue weighted by Crippen LogP contribution is -2.68. The van der Waals surface area contributed by atoms with Gasteiger partial charge in [-0.15, -0.1) is 10.2 Å². The summed E-state index contributed by atoms with van der Waals surface area (Å²) in [5.74, 6) is 2.16. The second-order valence-electron chi connectivity index (χ2n) is 12.9. The van der Waals surface area contributed by atoms with E-state index in [0.717, 1.165) is 69.1 Å². The molecule has 226 valence electrons. The van der Waals surface area contributed by atoms with Crippen molar-refractivity contribution < 1.29 is 22.6 Å². The monoisotopic (exact) mass is 585 g/mol. The van der Waals surface area contributed by atoms with Gasteiger partial charge in [-0.1, -0.05) is 0 Å².